The fourth-order valence-electron chi connectivity index (χ4n) is 14.3. The largest absolute Gasteiger partial charge is 0.310 e. The van der Waals surface area contributed by atoms with Gasteiger partial charge < -0.3 is 18.9 Å². The predicted octanol–water partition coefficient (Wildman–Crippen LogP) is 21.5. The molecule has 18 rings (SSSR count). The van der Waals surface area contributed by atoms with E-state index in [0.29, 0.717) is 0 Å². The molecule has 0 unspecified atom stereocenters. The number of aromatic nitrogens is 6. The van der Waals surface area contributed by atoms with Gasteiger partial charge in [-0.2, -0.15) is 0 Å². The van der Waals surface area contributed by atoms with Crippen molar-refractivity contribution in [3.8, 4) is 34.1 Å². The van der Waals surface area contributed by atoms with Gasteiger partial charge in [0.25, 0.3) is 0 Å². The van der Waals surface area contributed by atoms with Crippen LogP contribution in [0.25, 0.3) is 121 Å². The van der Waals surface area contributed by atoms with Gasteiger partial charge in [0, 0.05) is 95.2 Å². The third-order valence-electron chi connectivity index (χ3n) is 18.0. The molecule has 0 aliphatic rings. The van der Waals surface area contributed by atoms with E-state index < -0.39 is 0 Å². The van der Waals surface area contributed by atoms with Gasteiger partial charge in [-0.15, -0.1) is 0 Å². The molecule has 0 fully saturated rings. The number of hydrogen-bond donors (Lipinski definition) is 0. The summed E-state index contributed by atoms with van der Waals surface area (Å²) in [6, 6.07) is 114. The van der Waals surface area contributed by atoms with Gasteiger partial charge in [-0.05, 0) is 139 Å². The number of fused-ring (bicyclic) bond motifs is 12. The van der Waals surface area contributed by atoms with E-state index in [-0.39, 0.29) is 0 Å². The van der Waals surface area contributed by atoms with E-state index in [4.69, 9.17) is 9.97 Å². The number of para-hydroxylation sites is 10. The molecule has 0 atom stereocenters. The molecule has 18 aromatic rings. The smallest absolute Gasteiger partial charge is 0.165 e. The Kier molecular flexibility index (Phi) is 11.7. The summed E-state index contributed by atoms with van der Waals surface area (Å²) < 4.78 is 9.86. The normalized spacial score (nSPS) is 11.8. The molecule has 0 bridgehead atoms. The first kappa shape index (κ1) is 51.0. The van der Waals surface area contributed by atoms with Gasteiger partial charge in [0.2, 0.25) is 0 Å². The number of rotatable bonds is 11. The van der Waals surface area contributed by atoms with Crippen molar-refractivity contribution in [1.29, 1.82) is 0 Å². The highest BCUT2D eigenvalue weighted by molar-refractivity contribution is 6.17. The van der Waals surface area contributed by atoms with Crippen LogP contribution in [0.5, 0.6) is 0 Å². The molecule has 8 heteroatoms. The molecule has 0 saturated carbocycles. The van der Waals surface area contributed by atoms with Gasteiger partial charge in [-0.3, -0.25) is 14.1 Å². The lowest BCUT2D eigenvalue weighted by Crippen LogP contribution is -2.16. The molecule has 422 valence electrons. The van der Waals surface area contributed by atoms with Crippen molar-refractivity contribution >= 4 is 121 Å². The molecule has 0 radical (unpaired) electrons. The van der Waals surface area contributed by atoms with Crippen molar-refractivity contribution in [2.24, 2.45) is 0 Å². The summed E-state index contributed by atoms with van der Waals surface area (Å²) in [6.45, 7) is 0. The molecule has 0 amide bonds. The Bertz CT molecular complexity index is 5410. The summed E-state index contributed by atoms with van der Waals surface area (Å²) in [5.74, 6) is 1.52. The molecule has 8 nitrogen and oxygen atoms in total. The second-order valence-electron chi connectivity index (χ2n) is 22.9. The summed E-state index contributed by atoms with van der Waals surface area (Å²) in [6.07, 6.45) is 3.86. The van der Waals surface area contributed by atoms with Crippen LogP contribution in [-0.2, 0) is 0 Å². The lowest BCUT2D eigenvalue weighted by molar-refractivity contribution is 0.961. The van der Waals surface area contributed by atoms with Crippen LogP contribution in [0.4, 0.5) is 34.1 Å². The van der Waals surface area contributed by atoms with Gasteiger partial charge in [-0.25, -0.2) is 4.98 Å². The Balaban J connectivity index is 1.07. The Morgan fingerprint density at radius 1 is 0.222 bits per heavy atom. The zero-order valence-electron chi connectivity index (χ0n) is 48.8. The van der Waals surface area contributed by atoms with Crippen LogP contribution in [0.3, 0.4) is 0 Å². The average Bonchev–Trinajstić information content (AvgIpc) is 1.51. The zero-order valence-corrected chi connectivity index (χ0v) is 48.8. The monoisotopic (exact) mass is 1150 g/mol. The number of benzene rings is 12. The zero-order chi connectivity index (χ0) is 59.2. The SMILES string of the molecule is c1ccc(N(c2ccccc2)c2ccc3c(c2)c2cc(N(c4ccccc4)c4ccccc4)ccc2n3-c2nc(-n3c4ccccc4c4ccccc43)c(-n3c4ccccc4c4ccccc43)c(-c3ccncc3)c2-n2c3ccccc3c3ccccc32)cc1. The van der Waals surface area contributed by atoms with E-state index in [9.17, 15) is 0 Å². The van der Waals surface area contributed by atoms with E-state index >= 15 is 0 Å². The van der Waals surface area contributed by atoms with E-state index in [2.05, 4.69) is 344 Å². The van der Waals surface area contributed by atoms with Crippen LogP contribution in [0.2, 0.25) is 0 Å². The standard InChI is InChI=1S/C82H54N8/c1-5-25-56(26-6-1)85(57-27-7-2-8-28-57)60-45-47-76-68(53-60)69-54-61(86(58-29-9-3-10-30-58)59-31-11-4-12-32-59)46-48-77(69)90(76)82-80(88-72-41-21-15-35-64(72)65-36-16-22-42-73(65)88)78(55-49-51-83-52-50-55)79(87-70-39-19-13-33-62(70)63-34-14-20-40-71(63)87)81(84-82)89-74-43-23-17-37-66(74)67-38-18-24-44-75(67)89/h1-54H. The lowest BCUT2D eigenvalue weighted by Gasteiger charge is -2.27. The molecule has 0 aliphatic carbocycles. The quantitative estimate of drug-likeness (QED) is 0.130. The Hall–Kier alpha value is -12.3. The van der Waals surface area contributed by atoms with E-state index in [1.807, 2.05) is 12.4 Å². The first-order valence-corrected chi connectivity index (χ1v) is 30.6. The summed E-state index contributed by atoms with van der Waals surface area (Å²) in [7, 11) is 0. The molecule has 0 aliphatic heterocycles. The molecule has 0 spiro atoms. The second-order valence-corrected chi connectivity index (χ2v) is 22.9. The van der Waals surface area contributed by atoms with Crippen molar-refractivity contribution in [2.75, 3.05) is 9.80 Å². The van der Waals surface area contributed by atoms with Crippen molar-refractivity contribution in [1.82, 2.24) is 28.2 Å². The topological polar surface area (TPSA) is 52.0 Å². The number of nitrogens with zero attached hydrogens (tertiary/aromatic N) is 8. The van der Waals surface area contributed by atoms with E-state index in [1.165, 1.54) is 0 Å². The van der Waals surface area contributed by atoms with Crippen LogP contribution in [0.1, 0.15) is 0 Å². The van der Waals surface area contributed by atoms with Crippen molar-refractivity contribution < 1.29 is 0 Å². The predicted molar refractivity (Wildman–Crippen MR) is 374 cm³/mol. The Labute approximate surface area is 518 Å². The maximum absolute atomic E-state index is 6.54. The van der Waals surface area contributed by atoms with Crippen LogP contribution in [0.15, 0.2) is 328 Å². The third-order valence-corrected chi connectivity index (χ3v) is 18.0. The highest BCUT2D eigenvalue weighted by atomic mass is 15.2. The van der Waals surface area contributed by atoms with Crippen molar-refractivity contribution in [3.05, 3.63) is 328 Å². The van der Waals surface area contributed by atoms with Crippen LogP contribution >= 0.6 is 0 Å². The van der Waals surface area contributed by atoms with E-state index in [1.54, 1.807) is 0 Å². The minimum absolute atomic E-state index is 0.751. The molecule has 6 aromatic heterocycles. The summed E-state index contributed by atoms with van der Waals surface area (Å²) in [5.41, 5.74) is 18.4. The third kappa shape index (κ3) is 7.88. The van der Waals surface area contributed by atoms with Crippen LogP contribution in [0, 0.1) is 0 Å². The molecule has 12 aromatic carbocycles. The lowest BCUT2D eigenvalue weighted by atomic mass is 10.0. The molecule has 0 N–H and O–H groups in total. The summed E-state index contributed by atoms with van der Waals surface area (Å²) >= 11 is 0. The van der Waals surface area contributed by atoms with Gasteiger partial charge in [0.15, 0.2) is 11.6 Å². The number of anilines is 6. The first-order valence-electron chi connectivity index (χ1n) is 30.6. The summed E-state index contributed by atoms with van der Waals surface area (Å²) in [4.78, 5) is 16.0. The Morgan fingerprint density at radius 3 is 0.800 bits per heavy atom. The van der Waals surface area contributed by atoms with Crippen LogP contribution < -0.4 is 9.80 Å². The second kappa shape index (κ2) is 20.7. The first-order chi connectivity index (χ1) is 44.7. The maximum Gasteiger partial charge on any atom is 0.165 e. The summed E-state index contributed by atoms with van der Waals surface area (Å²) in [5, 5.41) is 9.00. The minimum atomic E-state index is 0.751. The molecule has 6 heterocycles. The number of pyridine rings is 2. The van der Waals surface area contributed by atoms with Gasteiger partial charge >= 0.3 is 0 Å². The van der Waals surface area contributed by atoms with Gasteiger partial charge in [0.1, 0.15) is 11.4 Å². The van der Waals surface area contributed by atoms with Gasteiger partial charge in [-0.1, -0.05) is 182 Å². The average molecular weight is 1150 g/mol. The van der Waals surface area contributed by atoms with Gasteiger partial charge in [0.05, 0.1) is 44.1 Å². The molecule has 90 heavy (non-hydrogen) atoms. The molecular weight excluding hydrogens is 1100 g/mol. The van der Waals surface area contributed by atoms with Crippen LogP contribution in [-0.4, -0.2) is 28.2 Å². The molecular formula is C82H54N8. The highest BCUT2D eigenvalue weighted by Gasteiger charge is 2.33. The number of hydrogen-bond acceptors (Lipinski definition) is 4. The van der Waals surface area contributed by atoms with Crippen molar-refractivity contribution in [3.63, 3.8) is 0 Å². The fraction of sp³-hybridized carbons (Fsp3) is 0. The molecule has 0 saturated heterocycles. The minimum Gasteiger partial charge on any atom is -0.310 e. The van der Waals surface area contributed by atoms with E-state index in [0.717, 1.165) is 155 Å². The Morgan fingerprint density at radius 2 is 0.489 bits per heavy atom. The highest BCUT2D eigenvalue weighted by Crippen LogP contribution is 2.50. The fourth-order valence-corrected chi connectivity index (χ4v) is 14.3. The van der Waals surface area contributed by atoms with Crippen molar-refractivity contribution in [2.45, 2.75) is 0 Å². The maximum atomic E-state index is 6.54.